The van der Waals surface area contributed by atoms with Gasteiger partial charge in [0.2, 0.25) is 0 Å². The van der Waals surface area contributed by atoms with Crippen LogP contribution in [-0.2, 0) is 0 Å². The lowest BCUT2D eigenvalue weighted by atomic mass is 10.0. The van der Waals surface area contributed by atoms with Gasteiger partial charge in [-0.3, -0.25) is 4.79 Å². The summed E-state index contributed by atoms with van der Waals surface area (Å²) in [5, 5.41) is 4.60. The molecule has 6 nitrogen and oxygen atoms in total. The molecule has 2 heterocycles. The summed E-state index contributed by atoms with van der Waals surface area (Å²) in [6.07, 6.45) is 2.67. The van der Waals surface area contributed by atoms with E-state index in [0.29, 0.717) is 12.1 Å². The first-order valence-corrected chi connectivity index (χ1v) is 11.3. The van der Waals surface area contributed by atoms with E-state index in [1.54, 1.807) is 13.3 Å². The molecule has 2 aromatic carbocycles. The zero-order chi connectivity index (χ0) is 22.7. The third kappa shape index (κ3) is 4.49. The molecule has 0 radical (unpaired) electrons. The van der Waals surface area contributed by atoms with Crippen molar-refractivity contribution in [3.05, 3.63) is 71.5 Å². The van der Waals surface area contributed by atoms with Gasteiger partial charge in [-0.15, -0.1) is 0 Å². The van der Waals surface area contributed by atoms with E-state index in [-0.39, 0.29) is 11.8 Å². The molecule has 3 aromatic rings. The number of carbonyl (C=O) groups is 1. The predicted octanol–water partition coefficient (Wildman–Crippen LogP) is 4.67. The standard InChI is InChI=1S/C26H32N4O2/c1-19(2)25-24(18-27-30(25)22-8-6-20(3)7-9-22)26(31)29-15-5-14-28(16-17-29)21-10-12-23(32-4)13-11-21/h6-13,18-19H,5,14-17H2,1-4H3. The van der Waals surface area contributed by atoms with Crippen molar-refractivity contribution in [3.8, 4) is 11.4 Å². The maximum absolute atomic E-state index is 13.5. The van der Waals surface area contributed by atoms with Crippen molar-refractivity contribution in [2.45, 2.75) is 33.1 Å². The first-order valence-electron chi connectivity index (χ1n) is 11.3. The Hall–Kier alpha value is -3.28. The molecule has 0 saturated carbocycles. The van der Waals surface area contributed by atoms with Crippen LogP contribution >= 0.6 is 0 Å². The third-order valence-corrected chi connectivity index (χ3v) is 6.08. The molecular formula is C26H32N4O2. The zero-order valence-corrected chi connectivity index (χ0v) is 19.4. The number of benzene rings is 2. The number of methoxy groups -OCH3 is 1. The van der Waals surface area contributed by atoms with Gasteiger partial charge in [0.25, 0.3) is 5.91 Å². The maximum Gasteiger partial charge on any atom is 0.257 e. The summed E-state index contributed by atoms with van der Waals surface area (Å²) in [5.74, 6) is 1.11. The molecular weight excluding hydrogens is 400 g/mol. The van der Waals surface area contributed by atoms with E-state index in [2.05, 4.69) is 67.2 Å². The molecule has 168 valence electrons. The lowest BCUT2D eigenvalue weighted by Gasteiger charge is -2.24. The van der Waals surface area contributed by atoms with Crippen molar-refractivity contribution in [2.24, 2.45) is 0 Å². The highest BCUT2D eigenvalue weighted by molar-refractivity contribution is 5.95. The Morgan fingerprint density at radius 1 is 0.938 bits per heavy atom. The summed E-state index contributed by atoms with van der Waals surface area (Å²) >= 11 is 0. The normalized spacial score (nSPS) is 14.5. The second-order valence-corrected chi connectivity index (χ2v) is 8.68. The minimum Gasteiger partial charge on any atom is -0.497 e. The molecule has 0 atom stereocenters. The topological polar surface area (TPSA) is 50.6 Å². The van der Waals surface area contributed by atoms with Gasteiger partial charge in [-0.25, -0.2) is 4.68 Å². The summed E-state index contributed by atoms with van der Waals surface area (Å²) in [7, 11) is 1.68. The quantitative estimate of drug-likeness (QED) is 0.588. The van der Waals surface area contributed by atoms with Crippen LogP contribution in [0.5, 0.6) is 5.75 Å². The van der Waals surface area contributed by atoms with E-state index in [4.69, 9.17) is 4.74 Å². The number of nitrogens with zero attached hydrogens (tertiary/aromatic N) is 4. The van der Waals surface area contributed by atoms with Gasteiger partial charge in [-0.05, 0) is 55.7 Å². The maximum atomic E-state index is 13.5. The summed E-state index contributed by atoms with van der Waals surface area (Å²) in [5.41, 5.74) is 5.03. The van der Waals surface area contributed by atoms with Gasteiger partial charge in [-0.1, -0.05) is 31.5 Å². The molecule has 1 aromatic heterocycles. The Balaban J connectivity index is 1.53. The van der Waals surface area contributed by atoms with Gasteiger partial charge < -0.3 is 14.5 Å². The second kappa shape index (κ2) is 9.47. The Morgan fingerprint density at radius 3 is 2.28 bits per heavy atom. The van der Waals surface area contributed by atoms with E-state index >= 15 is 0 Å². The second-order valence-electron chi connectivity index (χ2n) is 8.68. The Labute approximate surface area is 190 Å². The Morgan fingerprint density at radius 2 is 1.62 bits per heavy atom. The highest BCUT2D eigenvalue weighted by Crippen LogP contribution is 2.26. The number of anilines is 1. The van der Waals surface area contributed by atoms with Gasteiger partial charge in [-0.2, -0.15) is 5.10 Å². The number of hydrogen-bond acceptors (Lipinski definition) is 4. The summed E-state index contributed by atoms with van der Waals surface area (Å²) in [6, 6.07) is 16.4. The van der Waals surface area contributed by atoms with Gasteiger partial charge in [0.15, 0.2) is 0 Å². The van der Waals surface area contributed by atoms with Crippen molar-refractivity contribution in [2.75, 3.05) is 38.2 Å². The fourth-order valence-corrected chi connectivity index (χ4v) is 4.31. The summed E-state index contributed by atoms with van der Waals surface area (Å²) < 4.78 is 7.19. The summed E-state index contributed by atoms with van der Waals surface area (Å²) in [4.78, 5) is 17.9. The molecule has 32 heavy (non-hydrogen) atoms. The first-order chi connectivity index (χ1) is 15.5. The largest absolute Gasteiger partial charge is 0.497 e. The molecule has 1 saturated heterocycles. The average molecular weight is 433 g/mol. The molecule has 1 fully saturated rings. The Kier molecular flexibility index (Phi) is 6.49. The molecule has 1 aliphatic heterocycles. The van der Waals surface area contributed by atoms with Crippen molar-refractivity contribution in [1.29, 1.82) is 0 Å². The van der Waals surface area contributed by atoms with E-state index in [9.17, 15) is 4.79 Å². The molecule has 1 amide bonds. The minimum atomic E-state index is 0.0728. The SMILES string of the molecule is COc1ccc(N2CCCN(C(=O)c3cnn(-c4ccc(C)cc4)c3C(C)C)CC2)cc1. The number of aryl methyl sites for hydroxylation is 1. The van der Waals surface area contributed by atoms with Crippen LogP contribution in [0.1, 0.15) is 47.8 Å². The van der Waals surface area contributed by atoms with Crippen molar-refractivity contribution in [3.63, 3.8) is 0 Å². The van der Waals surface area contributed by atoms with E-state index in [1.807, 2.05) is 21.7 Å². The van der Waals surface area contributed by atoms with E-state index in [1.165, 1.54) is 5.56 Å². The van der Waals surface area contributed by atoms with Gasteiger partial charge in [0.05, 0.1) is 30.3 Å². The highest BCUT2D eigenvalue weighted by atomic mass is 16.5. The van der Waals surface area contributed by atoms with Crippen LogP contribution in [-0.4, -0.2) is 53.9 Å². The molecule has 0 N–H and O–H groups in total. The zero-order valence-electron chi connectivity index (χ0n) is 19.4. The number of aromatic nitrogens is 2. The van der Waals surface area contributed by atoms with Crippen LogP contribution in [0, 0.1) is 6.92 Å². The number of amides is 1. The van der Waals surface area contributed by atoms with Gasteiger partial charge >= 0.3 is 0 Å². The predicted molar refractivity (Wildman–Crippen MR) is 128 cm³/mol. The van der Waals surface area contributed by atoms with Crippen LogP contribution in [0.15, 0.2) is 54.7 Å². The molecule has 4 rings (SSSR count). The van der Waals surface area contributed by atoms with Crippen molar-refractivity contribution >= 4 is 11.6 Å². The number of ether oxygens (including phenoxy) is 1. The van der Waals surface area contributed by atoms with Crippen LogP contribution in [0.2, 0.25) is 0 Å². The monoisotopic (exact) mass is 432 g/mol. The molecule has 0 spiro atoms. The fraction of sp³-hybridized carbons (Fsp3) is 0.385. The van der Waals surface area contributed by atoms with E-state index in [0.717, 1.165) is 48.9 Å². The first kappa shape index (κ1) is 21.9. The molecule has 1 aliphatic rings. The van der Waals surface area contributed by atoms with Crippen LogP contribution in [0.25, 0.3) is 5.69 Å². The lowest BCUT2D eigenvalue weighted by molar-refractivity contribution is 0.0765. The van der Waals surface area contributed by atoms with Gasteiger partial charge in [0, 0.05) is 31.9 Å². The van der Waals surface area contributed by atoms with E-state index < -0.39 is 0 Å². The average Bonchev–Trinajstić information content (AvgIpc) is 3.10. The van der Waals surface area contributed by atoms with Crippen LogP contribution in [0.4, 0.5) is 5.69 Å². The smallest absolute Gasteiger partial charge is 0.257 e. The molecule has 0 aliphatic carbocycles. The van der Waals surface area contributed by atoms with Crippen LogP contribution in [0.3, 0.4) is 0 Å². The van der Waals surface area contributed by atoms with Crippen LogP contribution < -0.4 is 9.64 Å². The van der Waals surface area contributed by atoms with Crippen molar-refractivity contribution in [1.82, 2.24) is 14.7 Å². The summed E-state index contributed by atoms with van der Waals surface area (Å²) in [6.45, 7) is 9.48. The minimum absolute atomic E-state index is 0.0728. The third-order valence-electron chi connectivity index (χ3n) is 6.08. The highest BCUT2D eigenvalue weighted by Gasteiger charge is 2.26. The fourth-order valence-electron chi connectivity index (χ4n) is 4.31. The number of hydrogen-bond donors (Lipinski definition) is 0. The number of carbonyl (C=O) groups excluding carboxylic acids is 1. The molecule has 0 unspecified atom stereocenters. The lowest BCUT2D eigenvalue weighted by Crippen LogP contribution is -2.35. The van der Waals surface area contributed by atoms with Gasteiger partial charge in [0.1, 0.15) is 5.75 Å². The van der Waals surface area contributed by atoms with Crippen molar-refractivity contribution < 1.29 is 9.53 Å². The molecule has 0 bridgehead atoms. The molecule has 6 heteroatoms. The number of rotatable bonds is 5. The Bertz CT molecular complexity index is 1050.